The van der Waals surface area contributed by atoms with E-state index in [-0.39, 0.29) is 12.1 Å². The van der Waals surface area contributed by atoms with Gasteiger partial charge in [-0.05, 0) is 12.1 Å². The maximum atomic E-state index is 10.5. The Bertz CT molecular complexity index is 472. The molecule has 1 aliphatic rings. The Morgan fingerprint density at radius 2 is 2.06 bits per heavy atom. The van der Waals surface area contributed by atoms with Gasteiger partial charge in [-0.1, -0.05) is 0 Å². The molecule has 0 bridgehead atoms. The minimum atomic E-state index is -0.934. The Hall–Kier alpha value is -2.13. The number of anilines is 1. The minimum absolute atomic E-state index is 0.0431. The first-order valence-corrected chi connectivity index (χ1v) is 5.13. The molecule has 0 aromatic heterocycles. The van der Waals surface area contributed by atoms with Crippen LogP contribution in [0.5, 0.6) is 0 Å². The molecule has 2 rings (SSSR count). The standard InChI is InChI=1S/C11H11N3O3/c12-6-5-11(15)7-13(8-11)9-1-3-10(4-2-9)14(16)17/h1-4,15H,5,7-8H2. The highest BCUT2D eigenvalue weighted by Crippen LogP contribution is 2.30. The Labute approximate surface area is 97.8 Å². The van der Waals surface area contributed by atoms with Gasteiger partial charge in [0.2, 0.25) is 0 Å². The van der Waals surface area contributed by atoms with Crippen molar-refractivity contribution in [2.75, 3.05) is 18.0 Å². The Morgan fingerprint density at radius 3 is 2.53 bits per heavy atom. The maximum Gasteiger partial charge on any atom is 0.269 e. The summed E-state index contributed by atoms with van der Waals surface area (Å²) >= 11 is 0. The van der Waals surface area contributed by atoms with Gasteiger partial charge in [-0.3, -0.25) is 10.1 Å². The van der Waals surface area contributed by atoms with E-state index in [4.69, 9.17) is 5.26 Å². The lowest BCUT2D eigenvalue weighted by atomic mass is 9.90. The predicted molar refractivity (Wildman–Crippen MR) is 60.5 cm³/mol. The van der Waals surface area contributed by atoms with Crippen molar-refractivity contribution in [3.8, 4) is 6.07 Å². The quantitative estimate of drug-likeness (QED) is 0.622. The van der Waals surface area contributed by atoms with Crippen molar-refractivity contribution in [1.29, 1.82) is 5.26 Å². The third-order valence-corrected chi connectivity index (χ3v) is 2.80. The van der Waals surface area contributed by atoms with Gasteiger partial charge in [-0.15, -0.1) is 0 Å². The zero-order valence-electron chi connectivity index (χ0n) is 9.04. The van der Waals surface area contributed by atoms with E-state index >= 15 is 0 Å². The second-order valence-electron chi connectivity index (χ2n) is 4.19. The fraction of sp³-hybridized carbons (Fsp3) is 0.364. The second kappa shape index (κ2) is 4.03. The van der Waals surface area contributed by atoms with Crippen molar-refractivity contribution in [1.82, 2.24) is 0 Å². The highest BCUT2D eigenvalue weighted by atomic mass is 16.6. The normalized spacial score (nSPS) is 17.1. The lowest BCUT2D eigenvalue weighted by Gasteiger charge is -2.46. The summed E-state index contributed by atoms with van der Waals surface area (Å²) in [5.41, 5.74) is -0.0731. The topological polar surface area (TPSA) is 90.4 Å². The van der Waals surface area contributed by atoms with Crippen molar-refractivity contribution in [3.63, 3.8) is 0 Å². The largest absolute Gasteiger partial charge is 0.385 e. The van der Waals surface area contributed by atoms with E-state index in [0.717, 1.165) is 5.69 Å². The lowest BCUT2D eigenvalue weighted by molar-refractivity contribution is -0.384. The average molecular weight is 233 g/mol. The number of rotatable bonds is 3. The number of non-ortho nitro benzene ring substituents is 1. The van der Waals surface area contributed by atoms with Gasteiger partial charge in [0.15, 0.2) is 0 Å². The van der Waals surface area contributed by atoms with Gasteiger partial charge in [0, 0.05) is 30.9 Å². The summed E-state index contributed by atoms with van der Waals surface area (Å²) in [5, 5.41) is 28.8. The summed E-state index contributed by atoms with van der Waals surface area (Å²) in [4.78, 5) is 11.9. The molecule has 1 heterocycles. The molecule has 1 fully saturated rings. The molecular formula is C11H11N3O3. The van der Waals surface area contributed by atoms with E-state index in [0.29, 0.717) is 13.1 Å². The van der Waals surface area contributed by atoms with Crippen molar-refractivity contribution >= 4 is 11.4 Å². The Kier molecular flexibility index (Phi) is 2.69. The molecule has 1 saturated heterocycles. The number of β-amino-alcohol motifs (C(OH)–C–C–N with tert-alkyl or cyclic N) is 1. The van der Waals surface area contributed by atoms with Crippen LogP contribution in [0, 0.1) is 21.4 Å². The lowest BCUT2D eigenvalue weighted by Crippen LogP contribution is -2.61. The number of benzene rings is 1. The fourth-order valence-electron chi connectivity index (χ4n) is 1.89. The summed E-state index contributed by atoms with van der Waals surface area (Å²) < 4.78 is 0. The van der Waals surface area contributed by atoms with Crippen LogP contribution >= 0.6 is 0 Å². The summed E-state index contributed by atoms with van der Waals surface area (Å²) in [6.45, 7) is 0.775. The van der Waals surface area contributed by atoms with Gasteiger partial charge < -0.3 is 10.0 Å². The van der Waals surface area contributed by atoms with Crippen LogP contribution in [0.1, 0.15) is 6.42 Å². The Balaban J connectivity index is 2.02. The smallest absolute Gasteiger partial charge is 0.269 e. The van der Waals surface area contributed by atoms with Crippen LogP contribution in [0.3, 0.4) is 0 Å². The predicted octanol–water partition coefficient (Wildman–Crippen LogP) is 1.06. The van der Waals surface area contributed by atoms with Crippen molar-refractivity contribution < 1.29 is 10.0 Å². The molecule has 0 spiro atoms. The molecule has 0 atom stereocenters. The Morgan fingerprint density at radius 1 is 1.47 bits per heavy atom. The number of nitro groups is 1. The molecule has 0 radical (unpaired) electrons. The van der Waals surface area contributed by atoms with Gasteiger partial charge in [-0.2, -0.15) is 5.26 Å². The molecular weight excluding hydrogens is 222 g/mol. The summed E-state index contributed by atoms with van der Waals surface area (Å²) in [7, 11) is 0. The molecule has 1 aliphatic heterocycles. The fourth-order valence-corrected chi connectivity index (χ4v) is 1.89. The van der Waals surface area contributed by atoms with Crippen LogP contribution in [0.25, 0.3) is 0 Å². The number of hydrogen-bond acceptors (Lipinski definition) is 5. The van der Waals surface area contributed by atoms with Crippen LogP contribution in [-0.4, -0.2) is 28.7 Å². The van der Waals surface area contributed by atoms with E-state index in [9.17, 15) is 15.2 Å². The van der Waals surface area contributed by atoms with Crippen molar-refractivity contribution in [3.05, 3.63) is 34.4 Å². The van der Waals surface area contributed by atoms with Crippen LogP contribution in [0.4, 0.5) is 11.4 Å². The summed E-state index contributed by atoms with van der Waals surface area (Å²) in [6, 6.07) is 8.08. The number of nitriles is 1. The van der Waals surface area contributed by atoms with Crippen molar-refractivity contribution in [2.45, 2.75) is 12.0 Å². The summed E-state index contributed by atoms with van der Waals surface area (Å²) in [6.07, 6.45) is 0.108. The van der Waals surface area contributed by atoms with Gasteiger partial charge in [-0.25, -0.2) is 0 Å². The molecule has 1 aromatic rings. The number of hydrogen-bond donors (Lipinski definition) is 1. The van der Waals surface area contributed by atoms with Crippen LogP contribution < -0.4 is 4.90 Å². The molecule has 0 unspecified atom stereocenters. The first kappa shape index (κ1) is 11.4. The number of aliphatic hydroxyl groups is 1. The third-order valence-electron chi connectivity index (χ3n) is 2.80. The van der Waals surface area contributed by atoms with E-state index in [1.807, 2.05) is 11.0 Å². The molecule has 17 heavy (non-hydrogen) atoms. The zero-order valence-corrected chi connectivity index (χ0v) is 9.04. The molecule has 1 aromatic carbocycles. The molecule has 6 heteroatoms. The second-order valence-corrected chi connectivity index (χ2v) is 4.19. The highest BCUT2D eigenvalue weighted by Gasteiger charge is 2.41. The van der Waals surface area contributed by atoms with Gasteiger partial charge in [0.25, 0.3) is 5.69 Å². The summed E-state index contributed by atoms with van der Waals surface area (Å²) in [5.74, 6) is 0. The SMILES string of the molecule is N#CCC1(O)CN(c2ccc([N+](=O)[O-])cc2)C1. The van der Waals surface area contributed by atoms with Gasteiger partial charge in [0.05, 0.1) is 17.4 Å². The van der Waals surface area contributed by atoms with Crippen LogP contribution in [-0.2, 0) is 0 Å². The molecule has 0 aliphatic carbocycles. The minimum Gasteiger partial charge on any atom is -0.385 e. The van der Waals surface area contributed by atoms with E-state index < -0.39 is 10.5 Å². The zero-order chi connectivity index (χ0) is 12.5. The first-order chi connectivity index (χ1) is 8.04. The number of nitro benzene ring substituents is 1. The number of nitrogens with zero attached hydrogens (tertiary/aromatic N) is 3. The highest BCUT2D eigenvalue weighted by molar-refractivity contribution is 5.54. The van der Waals surface area contributed by atoms with Gasteiger partial charge in [0.1, 0.15) is 5.60 Å². The monoisotopic (exact) mass is 233 g/mol. The third kappa shape index (κ3) is 2.19. The van der Waals surface area contributed by atoms with Crippen LogP contribution in [0.2, 0.25) is 0 Å². The van der Waals surface area contributed by atoms with Crippen LogP contribution in [0.15, 0.2) is 24.3 Å². The molecule has 6 nitrogen and oxygen atoms in total. The average Bonchev–Trinajstić information content (AvgIpc) is 2.26. The molecule has 0 saturated carbocycles. The maximum absolute atomic E-state index is 10.5. The molecule has 88 valence electrons. The van der Waals surface area contributed by atoms with E-state index in [2.05, 4.69) is 0 Å². The van der Waals surface area contributed by atoms with Crippen molar-refractivity contribution in [2.24, 2.45) is 0 Å². The molecule has 0 amide bonds. The molecule has 1 N–H and O–H groups in total. The first-order valence-electron chi connectivity index (χ1n) is 5.13. The van der Waals surface area contributed by atoms with E-state index in [1.165, 1.54) is 12.1 Å². The van der Waals surface area contributed by atoms with Gasteiger partial charge >= 0.3 is 0 Å². The van der Waals surface area contributed by atoms with E-state index in [1.54, 1.807) is 12.1 Å².